The summed E-state index contributed by atoms with van der Waals surface area (Å²) in [6.07, 6.45) is 1.46. The first-order valence-electron chi connectivity index (χ1n) is 14.2. The molecule has 4 aliphatic rings. The summed E-state index contributed by atoms with van der Waals surface area (Å²) in [4.78, 5) is 44.5. The van der Waals surface area contributed by atoms with E-state index in [0.29, 0.717) is 11.5 Å². The fourth-order valence-electron chi connectivity index (χ4n) is 7.39. The first-order valence-corrected chi connectivity index (χ1v) is 14.2. The van der Waals surface area contributed by atoms with Crippen LogP contribution in [0.3, 0.4) is 0 Å². The van der Waals surface area contributed by atoms with Gasteiger partial charge in [0, 0.05) is 24.6 Å². The lowest BCUT2D eigenvalue weighted by atomic mass is 9.55. The van der Waals surface area contributed by atoms with Gasteiger partial charge < -0.3 is 30.8 Å². The lowest BCUT2D eigenvalue weighted by Crippen LogP contribution is -2.68. The van der Waals surface area contributed by atoms with Gasteiger partial charge >= 0.3 is 0 Å². The maximum atomic E-state index is 13.9. The van der Waals surface area contributed by atoms with Crippen LogP contribution in [0.5, 0.6) is 5.75 Å². The number of benzene rings is 1. The number of rotatable bonds is 5. The lowest BCUT2D eigenvalue weighted by molar-refractivity contribution is -0.162. The van der Waals surface area contributed by atoms with E-state index in [2.05, 4.69) is 12.2 Å². The molecule has 0 spiro atoms. The molecule has 1 aliphatic heterocycles. The van der Waals surface area contributed by atoms with Gasteiger partial charge in [0.2, 0.25) is 5.78 Å². The number of amides is 1. The van der Waals surface area contributed by atoms with Crippen molar-refractivity contribution in [1.82, 2.24) is 15.1 Å². The highest BCUT2D eigenvalue weighted by Crippen LogP contribution is 2.55. The summed E-state index contributed by atoms with van der Waals surface area (Å²) in [6, 6.07) is 3.28. The molecule has 6 N–H and O–H groups in total. The van der Waals surface area contributed by atoms with Crippen molar-refractivity contribution >= 4 is 17.5 Å². The molecule has 1 saturated heterocycles. The Bertz CT molecular complexity index is 1340. The van der Waals surface area contributed by atoms with Crippen LogP contribution in [0.2, 0.25) is 0 Å². The molecule has 0 radical (unpaired) electrons. The summed E-state index contributed by atoms with van der Waals surface area (Å²) in [5.41, 5.74) is -3.63. The van der Waals surface area contributed by atoms with E-state index >= 15 is 0 Å². The van der Waals surface area contributed by atoms with Crippen LogP contribution in [0.4, 0.5) is 0 Å². The molecule has 41 heavy (non-hydrogen) atoms. The Hall–Kier alpha value is -3.25. The number of likely N-dealkylation sites (N-methyl/N-ethyl adjacent to an activating group) is 1. The largest absolute Gasteiger partial charge is 0.510 e. The second kappa shape index (κ2) is 10.5. The molecular weight excluding hydrogens is 530 g/mol. The molecule has 11 nitrogen and oxygen atoms in total. The number of hydrogen-bond acceptors (Lipinski definition) is 10. The zero-order valence-corrected chi connectivity index (χ0v) is 23.8. The number of aliphatic hydroxyl groups excluding tert-OH is 3. The van der Waals surface area contributed by atoms with Crippen molar-refractivity contribution in [2.24, 2.45) is 17.8 Å². The van der Waals surface area contributed by atoms with Gasteiger partial charge in [-0.15, -0.1) is 0 Å². The number of fused-ring (bicyclic) bond motifs is 3. The van der Waals surface area contributed by atoms with E-state index < -0.39 is 70.1 Å². The third-order valence-electron chi connectivity index (χ3n) is 9.72. The zero-order valence-electron chi connectivity index (χ0n) is 23.8. The molecule has 0 saturated carbocycles. The number of phenols is 1. The van der Waals surface area contributed by atoms with Crippen molar-refractivity contribution in [1.29, 1.82) is 0 Å². The van der Waals surface area contributed by atoms with Gasteiger partial charge in [-0.3, -0.25) is 24.2 Å². The van der Waals surface area contributed by atoms with Crippen molar-refractivity contribution in [3.05, 3.63) is 52.0 Å². The van der Waals surface area contributed by atoms with Crippen molar-refractivity contribution in [3.8, 4) is 5.75 Å². The first kappa shape index (κ1) is 29.2. The molecule has 5 rings (SSSR count). The van der Waals surface area contributed by atoms with Crippen LogP contribution in [0.1, 0.15) is 54.9 Å². The normalized spacial score (nSPS) is 32.6. The molecule has 1 fully saturated rings. The number of phenolic OH excluding ortho intramolecular Hbond substituents is 1. The average Bonchev–Trinajstić information content (AvgIpc) is 2.94. The van der Waals surface area contributed by atoms with Crippen LogP contribution in [0, 0.1) is 17.8 Å². The number of piperidine rings is 1. The lowest BCUT2D eigenvalue weighted by Gasteiger charge is -2.53. The Morgan fingerprint density at radius 1 is 1.15 bits per heavy atom. The minimum Gasteiger partial charge on any atom is -0.510 e. The molecule has 1 aromatic carbocycles. The van der Waals surface area contributed by atoms with Gasteiger partial charge in [-0.2, -0.15) is 0 Å². The highest BCUT2D eigenvalue weighted by molar-refractivity contribution is 6.25. The summed E-state index contributed by atoms with van der Waals surface area (Å²) in [5, 5.41) is 59.7. The standard InChI is InChI=1S/C30H39N3O8/c1-5-15-9-11-33(12-10-15)13-31-29(40)21-26(37)23(32(3)4)22-25(36)18-14(2)16-7-6-8-17(34)19(16)24(35)20(18)27(38)30(22,41)28(21)39/h6-8,14-15,18,22-23,25,34,36-38,41H,5,9-13H2,1-4H3,(H,31,40)/t14-,18+,22+,23-,25-,30-/m0/s1. The van der Waals surface area contributed by atoms with Crippen LogP contribution < -0.4 is 5.32 Å². The van der Waals surface area contributed by atoms with Crippen molar-refractivity contribution in [2.75, 3.05) is 33.9 Å². The summed E-state index contributed by atoms with van der Waals surface area (Å²) < 4.78 is 0. The first-order chi connectivity index (χ1) is 19.4. The Kier molecular flexibility index (Phi) is 7.52. The molecule has 1 heterocycles. The maximum Gasteiger partial charge on any atom is 0.259 e. The molecule has 1 amide bonds. The van der Waals surface area contributed by atoms with Gasteiger partial charge in [0.15, 0.2) is 11.4 Å². The van der Waals surface area contributed by atoms with E-state index in [9.17, 15) is 39.9 Å². The van der Waals surface area contributed by atoms with Gasteiger partial charge in [-0.05, 0) is 50.4 Å². The number of nitrogens with one attached hydrogen (secondary N) is 1. The maximum absolute atomic E-state index is 13.9. The fourth-order valence-corrected chi connectivity index (χ4v) is 7.39. The van der Waals surface area contributed by atoms with Crippen LogP contribution in [-0.2, 0) is 9.59 Å². The number of hydrogen-bond donors (Lipinski definition) is 6. The van der Waals surface area contributed by atoms with Gasteiger partial charge in [0.1, 0.15) is 22.8 Å². The predicted octanol–water partition coefficient (Wildman–Crippen LogP) is 1.36. The van der Waals surface area contributed by atoms with E-state index in [4.69, 9.17) is 0 Å². The van der Waals surface area contributed by atoms with Crippen LogP contribution in [0.25, 0.3) is 0 Å². The Morgan fingerprint density at radius 2 is 1.80 bits per heavy atom. The second-order valence-electron chi connectivity index (χ2n) is 12.1. The number of aromatic hydroxyl groups is 1. The average molecular weight is 570 g/mol. The quantitative estimate of drug-likeness (QED) is 0.285. The molecule has 11 heteroatoms. The van der Waals surface area contributed by atoms with Crippen molar-refractivity contribution in [2.45, 2.75) is 56.8 Å². The second-order valence-corrected chi connectivity index (χ2v) is 12.1. The van der Waals surface area contributed by atoms with Crippen LogP contribution in [0.15, 0.2) is 40.9 Å². The number of aliphatic hydroxyl groups is 4. The molecule has 0 bridgehead atoms. The van der Waals surface area contributed by atoms with E-state index in [0.717, 1.165) is 32.4 Å². The summed E-state index contributed by atoms with van der Waals surface area (Å²) in [5.74, 6) is -7.50. The number of ketones is 2. The Morgan fingerprint density at radius 3 is 2.41 bits per heavy atom. The van der Waals surface area contributed by atoms with Crippen molar-refractivity contribution in [3.63, 3.8) is 0 Å². The van der Waals surface area contributed by atoms with E-state index in [1.807, 2.05) is 4.90 Å². The molecule has 3 aliphatic carbocycles. The number of carbonyl (C=O) groups excluding carboxylic acids is 3. The third-order valence-corrected chi connectivity index (χ3v) is 9.72. The monoisotopic (exact) mass is 569 g/mol. The molecule has 1 aromatic rings. The Balaban J connectivity index is 1.56. The SMILES string of the molecule is CCC1CCN(CNC(=O)C2=C(O)[C@@H](N(C)C)[C@@H]3[C@@H](O)[C@H]4C(=C(O)[C@]3(O)C2=O)C(=O)c2c(O)cccc2[C@@H]4C)CC1. The highest BCUT2D eigenvalue weighted by atomic mass is 16.4. The predicted molar refractivity (Wildman–Crippen MR) is 148 cm³/mol. The van der Waals surface area contributed by atoms with E-state index in [1.54, 1.807) is 33.2 Å². The van der Waals surface area contributed by atoms with Crippen LogP contribution in [-0.4, -0.2) is 104 Å². The zero-order chi connectivity index (χ0) is 30.0. The number of carbonyl (C=O) groups is 3. The minimum atomic E-state index is -2.88. The highest BCUT2D eigenvalue weighted by Gasteiger charge is 2.67. The van der Waals surface area contributed by atoms with Gasteiger partial charge in [-0.1, -0.05) is 32.4 Å². The number of likely N-dealkylation sites (tertiary alicyclic amines) is 1. The summed E-state index contributed by atoms with van der Waals surface area (Å²) in [7, 11) is 3.10. The van der Waals surface area contributed by atoms with E-state index in [-0.39, 0.29) is 23.6 Å². The smallest absolute Gasteiger partial charge is 0.259 e. The van der Waals surface area contributed by atoms with E-state index in [1.165, 1.54) is 11.0 Å². The van der Waals surface area contributed by atoms with Gasteiger partial charge in [0.05, 0.1) is 30.3 Å². The Labute approximate surface area is 238 Å². The molecule has 0 aromatic heterocycles. The topological polar surface area (TPSA) is 171 Å². The molecule has 0 unspecified atom stereocenters. The van der Waals surface area contributed by atoms with Crippen LogP contribution >= 0.6 is 0 Å². The van der Waals surface area contributed by atoms with Gasteiger partial charge in [0.25, 0.3) is 5.91 Å². The minimum absolute atomic E-state index is 0.0809. The summed E-state index contributed by atoms with van der Waals surface area (Å²) >= 11 is 0. The molecule has 6 atom stereocenters. The molecular formula is C30H39N3O8. The fraction of sp³-hybridized carbons (Fsp3) is 0.567. The number of Topliss-reactive ketones (excluding diaryl/α,β-unsaturated/α-hetero) is 2. The van der Waals surface area contributed by atoms with Crippen molar-refractivity contribution < 1.29 is 39.9 Å². The number of nitrogens with zero attached hydrogens (tertiary/aromatic N) is 2. The van der Waals surface area contributed by atoms with Gasteiger partial charge in [-0.25, -0.2) is 0 Å². The summed E-state index contributed by atoms with van der Waals surface area (Å²) in [6.45, 7) is 5.50. The third kappa shape index (κ3) is 4.29. The molecule has 222 valence electrons.